The number of benzene rings is 1. The van der Waals surface area contributed by atoms with Crippen LogP contribution in [0, 0.1) is 13.8 Å². The van der Waals surface area contributed by atoms with Crippen molar-refractivity contribution in [2.24, 2.45) is 0 Å². The average Bonchev–Trinajstić information content (AvgIpc) is 2.72. The molecule has 5 heteroatoms. The third-order valence-electron chi connectivity index (χ3n) is 2.45. The van der Waals surface area contributed by atoms with Gasteiger partial charge in [-0.3, -0.25) is 0 Å². The Kier molecular flexibility index (Phi) is 3.30. The van der Waals surface area contributed by atoms with E-state index in [2.05, 4.69) is 0 Å². The second-order valence-electron chi connectivity index (χ2n) is 3.96. The zero-order valence-corrected chi connectivity index (χ0v) is 10.7. The van der Waals surface area contributed by atoms with Crippen LogP contribution in [-0.2, 0) is 0 Å². The second-order valence-corrected chi connectivity index (χ2v) is 4.34. The van der Waals surface area contributed by atoms with E-state index in [0.29, 0.717) is 10.8 Å². The highest BCUT2D eigenvalue weighted by Gasteiger charge is 2.14. The van der Waals surface area contributed by atoms with Gasteiger partial charge >= 0.3 is 5.97 Å². The monoisotopic (exact) mass is 265 g/mol. The van der Waals surface area contributed by atoms with Crippen LogP contribution < -0.4 is 10.5 Å². The van der Waals surface area contributed by atoms with Crippen molar-refractivity contribution in [2.45, 2.75) is 13.8 Å². The number of nitrogen functional groups attached to an aromatic ring is 1. The van der Waals surface area contributed by atoms with E-state index in [0.717, 1.165) is 11.1 Å². The number of hydrogen-bond donors (Lipinski definition) is 1. The molecule has 18 heavy (non-hydrogen) atoms. The van der Waals surface area contributed by atoms with Crippen LogP contribution in [0.25, 0.3) is 0 Å². The highest BCUT2D eigenvalue weighted by atomic mass is 35.5. The maximum atomic E-state index is 11.7. The number of anilines is 1. The van der Waals surface area contributed by atoms with E-state index in [9.17, 15) is 4.79 Å². The number of aryl methyl sites for hydroxylation is 2. The molecule has 94 valence electrons. The fraction of sp³-hybridized carbons (Fsp3) is 0.154. The van der Waals surface area contributed by atoms with E-state index in [1.54, 1.807) is 12.1 Å². The highest BCUT2D eigenvalue weighted by Crippen LogP contribution is 2.26. The van der Waals surface area contributed by atoms with E-state index in [1.807, 2.05) is 13.8 Å². The minimum Gasteiger partial charge on any atom is -0.434 e. The van der Waals surface area contributed by atoms with Crippen LogP contribution in [0.1, 0.15) is 21.7 Å². The molecular weight excluding hydrogens is 254 g/mol. The van der Waals surface area contributed by atoms with Gasteiger partial charge in [0.05, 0.1) is 0 Å². The summed E-state index contributed by atoms with van der Waals surface area (Å²) in [5.41, 5.74) is 7.08. The molecule has 0 aliphatic carbocycles. The average molecular weight is 266 g/mol. The predicted octanol–water partition coefficient (Wildman–Crippen LogP) is 3.35. The molecule has 2 N–H and O–H groups in total. The summed E-state index contributed by atoms with van der Waals surface area (Å²) in [4.78, 5) is 11.7. The first kappa shape index (κ1) is 12.5. The maximum absolute atomic E-state index is 11.7. The minimum atomic E-state index is -0.590. The number of nitrogens with two attached hydrogens (primary N) is 1. The van der Waals surface area contributed by atoms with Gasteiger partial charge in [0.2, 0.25) is 5.76 Å². The summed E-state index contributed by atoms with van der Waals surface area (Å²) in [5.74, 6) is 0.0744. The first-order valence-electron chi connectivity index (χ1n) is 5.31. The fourth-order valence-electron chi connectivity index (χ4n) is 1.58. The predicted molar refractivity (Wildman–Crippen MR) is 69.0 cm³/mol. The van der Waals surface area contributed by atoms with Gasteiger partial charge in [0.25, 0.3) is 0 Å². The Morgan fingerprint density at radius 3 is 2.39 bits per heavy atom. The Labute approximate surface area is 109 Å². The molecule has 0 amide bonds. The number of carbonyl (C=O) groups is 1. The number of hydrogen-bond acceptors (Lipinski definition) is 4. The SMILES string of the molecule is Cc1cc(OC(=O)c2ccc(N)o2)cc(C)c1Cl. The van der Waals surface area contributed by atoms with Crippen molar-refractivity contribution in [1.82, 2.24) is 0 Å². The molecular formula is C13H12ClNO3. The van der Waals surface area contributed by atoms with Crippen molar-refractivity contribution < 1.29 is 13.9 Å². The molecule has 2 rings (SSSR count). The van der Waals surface area contributed by atoms with Gasteiger partial charge in [0.15, 0.2) is 5.88 Å². The Balaban J connectivity index is 2.22. The van der Waals surface area contributed by atoms with Crippen molar-refractivity contribution in [3.63, 3.8) is 0 Å². The van der Waals surface area contributed by atoms with Crippen molar-refractivity contribution in [3.8, 4) is 5.75 Å². The lowest BCUT2D eigenvalue weighted by Crippen LogP contribution is -2.07. The normalized spacial score (nSPS) is 10.4. The van der Waals surface area contributed by atoms with Crippen LogP contribution in [0.5, 0.6) is 5.75 Å². The summed E-state index contributed by atoms with van der Waals surface area (Å²) in [6.45, 7) is 3.69. The maximum Gasteiger partial charge on any atom is 0.379 e. The van der Waals surface area contributed by atoms with E-state index in [1.165, 1.54) is 12.1 Å². The molecule has 4 nitrogen and oxygen atoms in total. The fourth-order valence-corrected chi connectivity index (χ4v) is 1.69. The first-order chi connectivity index (χ1) is 8.47. The number of ether oxygens (including phenoxy) is 1. The number of furan rings is 1. The quantitative estimate of drug-likeness (QED) is 0.668. The Bertz CT molecular complexity index is 581. The largest absolute Gasteiger partial charge is 0.434 e. The van der Waals surface area contributed by atoms with Crippen LogP contribution in [0.4, 0.5) is 5.88 Å². The molecule has 1 aromatic heterocycles. The zero-order chi connectivity index (χ0) is 13.3. The van der Waals surface area contributed by atoms with E-state index in [4.69, 9.17) is 26.5 Å². The van der Waals surface area contributed by atoms with Gasteiger partial charge in [0, 0.05) is 11.1 Å². The molecule has 0 aliphatic heterocycles. The van der Waals surface area contributed by atoms with Gasteiger partial charge in [-0.1, -0.05) is 11.6 Å². The molecule has 1 heterocycles. The molecule has 0 aliphatic rings. The Hall–Kier alpha value is -1.94. The lowest BCUT2D eigenvalue weighted by molar-refractivity contribution is 0.0702. The van der Waals surface area contributed by atoms with Crippen LogP contribution in [0.3, 0.4) is 0 Å². The summed E-state index contributed by atoms with van der Waals surface area (Å²) in [6, 6.07) is 6.35. The second kappa shape index (κ2) is 4.74. The molecule has 0 saturated heterocycles. The summed E-state index contributed by atoms with van der Waals surface area (Å²) >= 11 is 6.03. The van der Waals surface area contributed by atoms with Gasteiger partial charge in [-0.15, -0.1) is 0 Å². The van der Waals surface area contributed by atoms with Gasteiger partial charge in [-0.05, 0) is 43.2 Å². The first-order valence-corrected chi connectivity index (χ1v) is 5.69. The molecule has 0 unspecified atom stereocenters. The van der Waals surface area contributed by atoms with E-state index >= 15 is 0 Å². The van der Waals surface area contributed by atoms with Gasteiger partial charge in [-0.2, -0.15) is 0 Å². The molecule has 0 fully saturated rings. The number of rotatable bonds is 2. The molecule has 0 saturated carbocycles. The van der Waals surface area contributed by atoms with Crippen molar-refractivity contribution in [3.05, 3.63) is 46.2 Å². The summed E-state index contributed by atoms with van der Waals surface area (Å²) in [7, 11) is 0. The van der Waals surface area contributed by atoms with Crippen molar-refractivity contribution >= 4 is 23.5 Å². The van der Waals surface area contributed by atoms with Crippen LogP contribution >= 0.6 is 11.6 Å². The Morgan fingerprint density at radius 1 is 1.28 bits per heavy atom. The molecule has 0 bridgehead atoms. The zero-order valence-electron chi connectivity index (χ0n) is 9.99. The third-order valence-corrected chi connectivity index (χ3v) is 3.04. The summed E-state index contributed by atoms with van der Waals surface area (Å²) in [5, 5.41) is 0.664. The molecule has 0 atom stereocenters. The van der Waals surface area contributed by atoms with Crippen LogP contribution in [-0.4, -0.2) is 5.97 Å². The van der Waals surface area contributed by atoms with E-state index in [-0.39, 0.29) is 11.6 Å². The van der Waals surface area contributed by atoms with Crippen LogP contribution in [0.2, 0.25) is 5.02 Å². The topological polar surface area (TPSA) is 65.5 Å². The lowest BCUT2D eigenvalue weighted by Gasteiger charge is -2.07. The Morgan fingerprint density at radius 2 is 1.89 bits per heavy atom. The molecule has 1 aromatic carbocycles. The van der Waals surface area contributed by atoms with Gasteiger partial charge in [-0.25, -0.2) is 4.79 Å². The standard InChI is InChI=1S/C13H12ClNO3/c1-7-5-9(6-8(2)12(7)14)17-13(16)10-3-4-11(15)18-10/h3-6H,15H2,1-2H3. The number of carbonyl (C=O) groups excluding carboxylic acids is 1. The number of esters is 1. The van der Waals surface area contributed by atoms with Crippen LogP contribution in [0.15, 0.2) is 28.7 Å². The number of halogens is 1. The summed E-state index contributed by atoms with van der Waals surface area (Å²) in [6.07, 6.45) is 0. The van der Waals surface area contributed by atoms with Gasteiger partial charge < -0.3 is 14.9 Å². The van der Waals surface area contributed by atoms with E-state index < -0.39 is 5.97 Å². The highest BCUT2D eigenvalue weighted by molar-refractivity contribution is 6.32. The van der Waals surface area contributed by atoms with Crippen molar-refractivity contribution in [1.29, 1.82) is 0 Å². The van der Waals surface area contributed by atoms with Crippen molar-refractivity contribution in [2.75, 3.05) is 5.73 Å². The van der Waals surface area contributed by atoms with Gasteiger partial charge in [0.1, 0.15) is 5.75 Å². The lowest BCUT2D eigenvalue weighted by atomic mass is 10.1. The summed E-state index contributed by atoms with van der Waals surface area (Å²) < 4.78 is 10.2. The smallest absolute Gasteiger partial charge is 0.379 e. The molecule has 2 aromatic rings. The molecule has 0 radical (unpaired) electrons. The third kappa shape index (κ3) is 2.49. The molecule has 0 spiro atoms. The minimum absolute atomic E-state index is 0.0674.